The molecule has 1 unspecified atom stereocenters. The molecule has 1 rings (SSSR count). The Morgan fingerprint density at radius 2 is 1.88 bits per heavy atom. The van der Waals surface area contributed by atoms with Gasteiger partial charge in [0.2, 0.25) is 5.91 Å². The van der Waals surface area contributed by atoms with Gasteiger partial charge in [0.1, 0.15) is 0 Å². The zero-order valence-electron chi connectivity index (χ0n) is 14.8. The summed E-state index contributed by atoms with van der Waals surface area (Å²) in [6.07, 6.45) is 0.00691. The monoisotopic (exact) mass is 430 g/mol. The second-order valence-electron chi connectivity index (χ2n) is 5.89. The number of nitrogens with two attached hydrogens (primary N) is 1. The molecule has 0 radical (unpaired) electrons. The number of halogens is 1. The Labute approximate surface area is 161 Å². The first-order valence-electron chi connectivity index (χ1n) is 8.44. The molecule has 3 amide bonds. The Balaban J connectivity index is 2.51. The molecule has 0 saturated carbocycles. The van der Waals surface area contributed by atoms with Crippen LogP contribution in [-0.4, -0.2) is 59.5 Å². The SMILES string of the molecule is CNC(=O)NC(CCCCN(Cc1ccc(Br)cc1)C(=O)CN)C(O)O. The molecular formula is C17H27BrN4O4. The van der Waals surface area contributed by atoms with Gasteiger partial charge in [0.05, 0.1) is 12.6 Å². The number of aliphatic hydroxyl groups is 2. The first kappa shape index (κ1) is 22.4. The van der Waals surface area contributed by atoms with Crippen LogP contribution in [0.3, 0.4) is 0 Å². The summed E-state index contributed by atoms with van der Waals surface area (Å²) in [4.78, 5) is 25.0. The smallest absolute Gasteiger partial charge is 0.314 e. The third kappa shape index (κ3) is 8.13. The molecule has 0 aromatic heterocycles. The van der Waals surface area contributed by atoms with Crippen molar-refractivity contribution in [3.05, 3.63) is 34.3 Å². The van der Waals surface area contributed by atoms with Crippen molar-refractivity contribution in [1.82, 2.24) is 15.5 Å². The van der Waals surface area contributed by atoms with Crippen LogP contribution in [0.2, 0.25) is 0 Å². The molecule has 1 aromatic rings. The minimum atomic E-state index is -1.64. The maximum atomic E-state index is 12.1. The summed E-state index contributed by atoms with van der Waals surface area (Å²) < 4.78 is 0.968. The summed E-state index contributed by atoms with van der Waals surface area (Å²) in [7, 11) is 1.45. The van der Waals surface area contributed by atoms with Gasteiger partial charge in [0, 0.05) is 24.6 Å². The molecule has 0 fully saturated rings. The molecule has 8 nitrogen and oxygen atoms in total. The van der Waals surface area contributed by atoms with Crippen LogP contribution in [0.15, 0.2) is 28.7 Å². The van der Waals surface area contributed by atoms with Crippen LogP contribution in [0.5, 0.6) is 0 Å². The van der Waals surface area contributed by atoms with Gasteiger partial charge in [0.15, 0.2) is 6.29 Å². The van der Waals surface area contributed by atoms with Crippen molar-refractivity contribution in [3.8, 4) is 0 Å². The highest BCUT2D eigenvalue weighted by atomic mass is 79.9. The molecular weight excluding hydrogens is 404 g/mol. The number of amides is 3. The van der Waals surface area contributed by atoms with E-state index in [2.05, 4.69) is 26.6 Å². The molecule has 0 aliphatic rings. The average Bonchev–Trinajstić information content (AvgIpc) is 2.63. The van der Waals surface area contributed by atoms with Gasteiger partial charge >= 0.3 is 6.03 Å². The summed E-state index contributed by atoms with van der Waals surface area (Å²) in [5.41, 5.74) is 6.49. The van der Waals surface area contributed by atoms with Crippen molar-refractivity contribution in [2.75, 3.05) is 20.1 Å². The molecule has 0 aliphatic carbocycles. The Morgan fingerprint density at radius 1 is 1.23 bits per heavy atom. The molecule has 1 atom stereocenters. The Hall–Kier alpha value is -1.68. The predicted octanol–water partition coefficient (Wildman–Crippen LogP) is 0.515. The van der Waals surface area contributed by atoms with E-state index in [1.165, 1.54) is 7.05 Å². The van der Waals surface area contributed by atoms with Crippen molar-refractivity contribution in [3.63, 3.8) is 0 Å². The van der Waals surface area contributed by atoms with Gasteiger partial charge in [0.25, 0.3) is 0 Å². The average molecular weight is 431 g/mol. The van der Waals surface area contributed by atoms with Gasteiger partial charge in [-0.05, 0) is 37.0 Å². The van der Waals surface area contributed by atoms with Crippen LogP contribution in [0.4, 0.5) is 4.79 Å². The van der Waals surface area contributed by atoms with Crippen LogP contribution in [0.1, 0.15) is 24.8 Å². The molecule has 26 heavy (non-hydrogen) atoms. The van der Waals surface area contributed by atoms with Gasteiger partial charge in [-0.25, -0.2) is 4.79 Å². The van der Waals surface area contributed by atoms with Crippen LogP contribution in [0, 0.1) is 0 Å². The number of nitrogens with one attached hydrogen (secondary N) is 2. The highest BCUT2D eigenvalue weighted by Crippen LogP contribution is 2.13. The maximum absolute atomic E-state index is 12.1. The van der Waals surface area contributed by atoms with Gasteiger partial charge in [-0.2, -0.15) is 0 Å². The summed E-state index contributed by atoms with van der Waals surface area (Å²) in [6.45, 7) is 0.902. The Kier molecular flexibility index (Phi) is 10.2. The number of rotatable bonds is 10. The van der Waals surface area contributed by atoms with E-state index in [9.17, 15) is 19.8 Å². The molecule has 0 spiro atoms. The fourth-order valence-electron chi connectivity index (χ4n) is 2.43. The lowest BCUT2D eigenvalue weighted by Crippen LogP contribution is -2.46. The molecule has 1 aromatic carbocycles. The van der Waals surface area contributed by atoms with Crippen LogP contribution in [0.25, 0.3) is 0 Å². The van der Waals surface area contributed by atoms with E-state index in [0.29, 0.717) is 32.4 Å². The van der Waals surface area contributed by atoms with E-state index in [-0.39, 0.29) is 12.5 Å². The van der Waals surface area contributed by atoms with Crippen LogP contribution < -0.4 is 16.4 Å². The summed E-state index contributed by atoms with van der Waals surface area (Å²) in [5, 5.41) is 23.5. The van der Waals surface area contributed by atoms with Gasteiger partial charge < -0.3 is 31.5 Å². The summed E-state index contributed by atoms with van der Waals surface area (Å²) in [5.74, 6) is -0.143. The van der Waals surface area contributed by atoms with Crippen LogP contribution >= 0.6 is 15.9 Å². The van der Waals surface area contributed by atoms with Crippen LogP contribution in [-0.2, 0) is 11.3 Å². The second-order valence-corrected chi connectivity index (χ2v) is 6.80. The van der Waals surface area contributed by atoms with Crippen molar-refractivity contribution in [1.29, 1.82) is 0 Å². The fourth-order valence-corrected chi connectivity index (χ4v) is 2.70. The molecule has 6 N–H and O–H groups in total. The summed E-state index contributed by atoms with van der Waals surface area (Å²) in [6, 6.07) is 6.47. The first-order chi connectivity index (χ1) is 12.4. The van der Waals surface area contributed by atoms with E-state index >= 15 is 0 Å². The summed E-state index contributed by atoms with van der Waals surface area (Å²) >= 11 is 3.38. The van der Waals surface area contributed by atoms with E-state index in [1.54, 1.807) is 4.90 Å². The third-order valence-corrected chi connectivity index (χ3v) is 4.44. The zero-order valence-corrected chi connectivity index (χ0v) is 16.4. The molecule has 0 aliphatic heterocycles. The molecule has 9 heteroatoms. The topological polar surface area (TPSA) is 128 Å². The lowest BCUT2D eigenvalue weighted by Gasteiger charge is -2.24. The van der Waals surface area contributed by atoms with Crippen molar-refractivity contribution < 1.29 is 19.8 Å². The maximum Gasteiger partial charge on any atom is 0.314 e. The molecule has 0 saturated heterocycles. The van der Waals surface area contributed by atoms with E-state index in [1.807, 2.05) is 24.3 Å². The standard InChI is InChI=1S/C17H27BrN4O4/c1-20-17(26)21-14(16(24)25)4-2-3-9-22(15(23)10-19)11-12-5-7-13(18)8-6-12/h5-8,14,16,24-25H,2-4,9-11,19H2,1H3,(H2,20,21,26). The number of benzene rings is 1. The highest BCUT2D eigenvalue weighted by molar-refractivity contribution is 9.10. The normalized spacial score (nSPS) is 11.9. The molecule has 0 bridgehead atoms. The second kappa shape index (κ2) is 11.8. The first-order valence-corrected chi connectivity index (χ1v) is 9.23. The van der Waals surface area contributed by atoms with Crippen molar-refractivity contribution in [2.45, 2.75) is 38.1 Å². The number of aliphatic hydroxyl groups excluding tert-OH is 1. The fraction of sp³-hybridized carbons (Fsp3) is 0.529. The van der Waals surface area contributed by atoms with E-state index in [0.717, 1.165) is 10.0 Å². The zero-order chi connectivity index (χ0) is 19.5. The van der Waals surface area contributed by atoms with Gasteiger partial charge in [-0.3, -0.25) is 4.79 Å². The quantitative estimate of drug-likeness (QED) is 0.273. The Bertz CT molecular complexity index is 568. The number of nitrogens with zero attached hydrogens (tertiary/aromatic N) is 1. The third-order valence-electron chi connectivity index (χ3n) is 3.91. The number of hydrogen-bond acceptors (Lipinski definition) is 5. The molecule has 146 valence electrons. The lowest BCUT2D eigenvalue weighted by atomic mass is 10.1. The van der Waals surface area contributed by atoms with Crippen molar-refractivity contribution in [2.24, 2.45) is 5.73 Å². The highest BCUT2D eigenvalue weighted by Gasteiger charge is 2.19. The van der Waals surface area contributed by atoms with Gasteiger partial charge in [-0.15, -0.1) is 0 Å². The van der Waals surface area contributed by atoms with E-state index < -0.39 is 18.4 Å². The van der Waals surface area contributed by atoms with Crippen molar-refractivity contribution >= 4 is 27.9 Å². The van der Waals surface area contributed by atoms with E-state index in [4.69, 9.17) is 5.73 Å². The lowest BCUT2D eigenvalue weighted by molar-refractivity contribution is -0.130. The Morgan fingerprint density at radius 3 is 2.42 bits per heavy atom. The minimum Gasteiger partial charge on any atom is -0.366 e. The minimum absolute atomic E-state index is 0.0628. The number of urea groups is 1. The molecule has 0 heterocycles. The predicted molar refractivity (Wildman–Crippen MR) is 102 cm³/mol. The largest absolute Gasteiger partial charge is 0.366 e. The number of carbonyl (C=O) groups excluding carboxylic acids is 2. The number of unbranched alkanes of at least 4 members (excludes halogenated alkanes) is 1. The number of hydrogen-bond donors (Lipinski definition) is 5. The van der Waals surface area contributed by atoms with Gasteiger partial charge in [-0.1, -0.05) is 28.1 Å². The number of carbonyl (C=O) groups is 2.